The summed E-state index contributed by atoms with van der Waals surface area (Å²) in [5, 5.41) is 4.97. The smallest absolute Gasteiger partial charge is 0.0788 e. The summed E-state index contributed by atoms with van der Waals surface area (Å²) in [7, 11) is 0. The number of fused-ring (bicyclic) bond motifs is 7. The third kappa shape index (κ3) is 4.50. The Morgan fingerprint density at radius 1 is 0.240 bits per heavy atom. The lowest BCUT2D eigenvalue weighted by Crippen LogP contribution is -1.99. The van der Waals surface area contributed by atoms with Crippen molar-refractivity contribution in [2.75, 3.05) is 0 Å². The van der Waals surface area contributed by atoms with Gasteiger partial charge in [-0.05, 0) is 75.8 Å². The van der Waals surface area contributed by atoms with Gasteiger partial charge in [0.15, 0.2) is 0 Å². The van der Waals surface area contributed by atoms with Crippen LogP contribution in [0.1, 0.15) is 0 Å². The molecule has 0 fully saturated rings. The van der Waals surface area contributed by atoms with Gasteiger partial charge in [-0.1, -0.05) is 152 Å². The summed E-state index contributed by atoms with van der Waals surface area (Å²) >= 11 is 0. The molecule has 0 radical (unpaired) electrons. The van der Waals surface area contributed by atoms with Crippen molar-refractivity contribution in [1.29, 1.82) is 0 Å². The van der Waals surface area contributed by atoms with E-state index in [1.807, 2.05) is 0 Å². The van der Waals surface area contributed by atoms with Crippen LogP contribution >= 0.6 is 0 Å². The monoisotopic (exact) mass is 636 g/mol. The fraction of sp³-hybridized carbons (Fsp3) is 0. The van der Waals surface area contributed by atoms with Crippen molar-refractivity contribution in [3.63, 3.8) is 0 Å². The van der Waals surface area contributed by atoms with Crippen molar-refractivity contribution in [2.45, 2.75) is 0 Å². The molecule has 2 nitrogen and oxygen atoms in total. The van der Waals surface area contributed by atoms with E-state index in [1.54, 1.807) is 0 Å². The molecule has 0 N–H and O–H groups in total. The van der Waals surface area contributed by atoms with Crippen molar-refractivity contribution < 1.29 is 0 Å². The lowest BCUT2D eigenvalue weighted by atomic mass is 9.98. The lowest BCUT2D eigenvalue weighted by Gasteiger charge is -2.16. The van der Waals surface area contributed by atoms with Gasteiger partial charge in [0.05, 0.1) is 22.1 Å². The molecule has 0 spiro atoms. The number of benzene rings is 8. The van der Waals surface area contributed by atoms with E-state index < -0.39 is 0 Å². The van der Waals surface area contributed by atoms with E-state index in [0.29, 0.717) is 0 Å². The average Bonchev–Trinajstić information content (AvgIpc) is 3.72. The molecule has 0 bridgehead atoms. The Kier molecular flexibility index (Phi) is 6.53. The van der Waals surface area contributed by atoms with Crippen molar-refractivity contribution in [3.8, 4) is 44.8 Å². The van der Waals surface area contributed by atoms with Gasteiger partial charge >= 0.3 is 0 Å². The zero-order valence-electron chi connectivity index (χ0n) is 27.4. The van der Waals surface area contributed by atoms with Crippen LogP contribution in [0.4, 0.5) is 0 Å². The highest BCUT2D eigenvalue weighted by molar-refractivity contribution is 6.23. The molecule has 0 amide bonds. The fourth-order valence-corrected chi connectivity index (χ4v) is 7.81. The van der Waals surface area contributed by atoms with E-state index in [4.69, 9.17) is 0 Å². The Bertz CT molecular complexity index is 2770. The van der Waals surface area contributed by atoms with Crippen LogP contribution in [0, 0.1) is 0 Å². The highest BCUT2D eigenvalue weighted by Gasteiger charge is 2.22. The molecule has 0 saturated carbocycles. The molecular formula is C48H32N2. The molecule has 2 heteroatoms. The van der Waals surface area contributed by atoms with E-state index in [0.717, 1.165) is 11.4 Å². The zero-order valence-corrected chi connectivity index (χ0v) is 27.4. The Hall–Kier alpha value is -6.64. The minimum atomic E-state index is 1.14. The predicted molar refractivity (Wildman–Crippen MR) is 211 cm³/mol. The van der Waals surface area contributed by atoms with Crippen LogP contribution in [-0.4, -0.2) is 9.13 Å². The summed E-state index contributed by atoms with van der Waals surface area (Å²) in [5.74, 6) is 0. The molecule has 0 aliphatic rings. The molecule has 50 heavy (non-hydrogen) atoms. The van der Waals surface area contributed by atoms with Crippen LogP contribution in [0.5, 0.6) is 0 Å². The summed E-state index contributed by atoms with van der Waals surface area (Å²) in [6.45, 7) is 0. The Labute approximate surface area is 290 Å². The highest BCUT2D eigenvalue weighted by Crippen LogP contribution is 2.43. The van der Waals surface area contributed by atoms with E-state index in [1.165, 1.54) is 77.0 Å². The van der Waals surface area contributed by atoms with Crippen molar-refractivity contribution >= 4 is 43.6 Å². The normalized spacial score (nSPS) is 11.6. The Morgan fingerprint density at radius 2 is 0.620 bits per heavy atom. The molecule has 0 unspecified atom stereocenters. The quantitative estimate of drug-likeness (QED) is 0.178. The molecule has 10 aromatic rings. The second kappa shape index (κ2) is 11.5. The first-order chi connectivity index (χ1) is 24.8. The summed E-state index contributed by atoms with van der Waals surface area (Å²) in [5.41, 5.74) is 14.3. The van der Waals surface area contributed by atoms with Crippen LogP contribution in [-0.2, 0) is 0 Å². The van der Waals surface area contributed by atoms with Gasteiger partial charge in [0.2, 0.25) is 0 Å². The molecular weight excluding hydrogens is 605 g/mol. The molecule has 2 heterocycles. The van der Waals surface area contributed by atoms with Gasteiger partial charge in [0.1, 0.15) is 0 Å². The second-order valence-corrected chi connectivity index (χ2v) is 13.0. The van der Waals surface area contributed by atoms with Crippen LogP contribution in [0.25, 0.3) is 88.4 Å². The van der Waals surface area contributed by atoms with Gasteiger partial charge in [-0.15, -0.1) is 0 Å². The average molecular weight is 637 g/mol. The number of para-hydroxylation sites is 2. The van der Waals surface area contributed by atoms with Crippen LogP contribution in [0.15, 0.2) is 194 Å². The van der Waals surface area contributed by atoms with Crippen LogP contribution < -0.4 is 0 Å². The summed E-state index contributed by atoms with van der Waals surface area (Å²) < 4.78 is 4.97. The van der Waals surface area contributed by atoms with Crippen molar-refractivity contribution in [2.24, 2.45) is 0 Å². The molecule has 0 aliphatic heterocycles. The number of hydrogen-bond donors (Lipinski definition) is 0. The van der Waals surface area contributed by atoms with Gasteiger partial charge < -0.3 is 9.13 Å². The van der Waals surface area contributed by atoms with Gasteiger partial charge in [-0.2, -0.15) is 0 Å². The minimum Gasteiger partial charge on any atom is -0.307 e. The maximum atomic E-state index is 2.50. The number of nitrogens with zero attached hydrogens (tertiary/aromatic N) is 2. The first-order valence-electron chi connectivity index (χ1n) is 17.2. The molecule has 0 saturated heterocycles. The molecule has 234 valence electrons. The molecule has 8 aromatic carbocycles. The minimum absolute atomic E-state index is 1.14. The number of rotatable bonds is 5. The molecule has 0 aliphatic carbocycles. The summed E-state index contributed by atoms with van der Waals surface area (Å²) in [6, 6.07) is 70.4. The summed E-state index contributed by atoms with van der Waals surface area (Å²) in [4.78, 5) is 0. The number of aromatic nitrogens is 2. The Balaban J connectivity index is 1.32. The lowest BCUT2D eigenvalue weighted by molar-refractivity contribution is 1.15. The van der Waals surface area contributed by atoms with Gasteiger partial charge in [-0.3, -0.25) is 0 Å². The standard InChI is InChI=1S/C48H32N2/c1-4-14-33(15-5-1)36-24-26-39(27-25-36)49-45-22-12-10-20-41(45)43-28-29-44-42-21-11-13-23-46(42)50(48(44)47(43)49)40-31-37(34-16-6-2-7-17-34)30-38(32-40)35-18-8-3-9-19-35/h1-32H. The van der Waals surface area contributed by atoms with Crippen LogP contribution in [0.2, 0.25) is 0 Å². The molecule has 0 atom stereocenters. The third-order valence-corrected chi connectivity index (χ3v) is 10.1. The summed E-state index contributed by atoms with van der Waals surface area (Å²) in [6.07, 6.45) is 0. The maximum Gasteiger partial charge on any atom is 0.0788 e. The SMILES string of the molecule is c1ccc(-c2ccc(-n3c4ccccc4c4ccc5c6ccccc6n(-c6cc(-c7ccccc7)cc(-c7ccccc7)c6)c5c43)cc2)cc1. The fourth-order valence-electron chi connectivity index (χ4n) is 7.81. The maximum absolute atomic E-state index is 2.50. The first-order valence-corrected chi connectivity index (χ1v) is 17.2. The van der Waals surface area contributed by atoms with Gasteiger partial charge in [0.25, 0.3) is 0 Å². The van der Waals surface area contributed by atoms with E-state index in [9.17, 15) is 0 Å². The molecule has 10 rings (SSSR count). The van der Waals surface area contributed by atoms with E-state index in [-0.39, 0.29) is 0 Å². The largest absolute Gasteiger partial charge is 0.307 e. The predicted octanol–water partition coefficient (Wildman–Crippen LogP) is 12.9. The van der Waals surface area contributed by atoms with Gasteiger partial charge in [0, 0.05) is 32.9 Å². The zero-order chi connectivity index (χ0) is 33.0. The van der Waals surface area contributed by atoms with Crippen LogP contribution in [0.3, 0.4) is 0 Å². The first kappa shape index (κ1) is 28.4. The number of hydrogen-bond acceptors (Lipinski definition) is 0. The van der Waals surface area contributed by atoms with Gasteiger partial charge in [-0.25, -0.2) is 0 Å². The van der Waals surface area contributed by atoms with E-state index >= 15 is 0 Å². The topological polar surface area (TPSA) is 9.86 Å². The van der Waals surface area contributed by atoms with E-state index in [2.05, 4.69) is 203 Å². The third-order valence-electron chi connectivity index (χ3n) is 10.1. The highest BCUT2D eigenvalue weighted by atomic mass is 15.0. The second-order valence-electron chi connectivity index (χ2n) is 13.0. The van der Waals surface area contributed by atoms with Crippen molar-refractivity contribution in [3.05, 3.63) is 194 Å². The molecule has 2 aromatic heterocycles. The van der Waals surface area contributed by atoms with Crippen molar-refractivity contribution in [1.82, 2.24) is 9.13 Å². The Morgan fingerprint density at radius 3 is 1.10 bits per heavy atom.